The molecule has 0 saturated heterocycles. The zero-order valence-electron chi connectivity index (χ0n) is 15.9. The average molecular weight is 396 g/mol. The van der Waals surface area contributed by atoms with Gasteiger partial charge in [-0.3, -0.25) is 19.6 Å². The van der Waals surface area contributed by atoms with Crippen LogP contribution in [0, 0.1) is 0 Å². The van der Waals surface area contributed by atoms with Gasteiger partial charge < -0.3 is 20.5 Å². The lowest BCUT2D eigenvalue weighted by Gasteiger charge is -2.31. The van der Waals surface area contributed by atoms with Crippen molar-refractivity contribution in [3.8, 4) is 0 Å². The first-order valence-corrected chi connectivity index (χ1v) is 9.47. The van der Waals surface area contributed by atoms with E-state index in [1.165, 1.54) is 12.4 Å². The van der Waals surface area contributed by atoms with E-state index in [9.17, 15) is 14.7 Å². The molecule has 0 saturated carbocycles. The molecule has 0 fully saturated rings. The summed E-state index contributed by atoms with van der Waals surface area (Å²) in [7, 11) is 0. The Balaban J connectivity index is 1.47. The molecule has 3 heterocycles. The third-order valence-electron chi connectivity index (χ3n) is 4.58. The standard InChI is InChI=1S/C21H24N4O4/c26-14-19-18(25-21(28)16-6-10-23-11-7-16)2-1-17(29-19)13-20(27)24-12-5-15-3-8-22-9-4-15/h1-4,6-11,17-19,26H,5,12-14H2,(H,24,27)(H,25,28)/t17-,18+,19+/m1/s1. The van der Waals surface area contributed by atoms with Gasteiger partial charge >= 0.3 is 0 Å². The number of hydrogen-bond acceptors (Lipinski definition) is 6. The van der Waals surface area contributed by atoms with Crippen molar-refractivity contribution in [3.63, 3.8) is 0 Å². The molecule has 0 spiro atoms. The van der Waals surface area contributed by atoms with Gasteiger partial charge in [-0.25, -0.2) is 0 Å². The van der Waals surface area contributed by atoms with Crippen LogP contribution in [0.2, 0.25) is 0 Å². The third-order valence-corrected chi connectivity index (χ3v) is 4.58. The molecule has 1 aliphatic heterocycles. The molecule has 152 valence electrons. The predicted molar refractivity (Wildman–Crippen MR) is 106 cm³/mol. The van der Waals surface area contributed by atoms with Crippen LogP contribution >= 0.6 is 0 Å². The number of hydrogen-bond donors (Lipinski definition) is 3. The maximum absolute atomic E-state index is 12.3. The highest BCUT2D eigenvalue weighted by atomic mass is 16.5. The molecule has 0 aromatic carbocycles. The van der Waals surface area contributed by atoms with Gasteiger partial charge in [-0.05, 0) is 36.2 Å². The molecule has 0 unspecified atom stereocenters. The summed E-state index contributed by atoms with van der Waals surface area (Å²) in [6.45, 7) is 0.249. The van der Waals surface area contributed by atoms with Crippen LogP contribution in [0.1, 0.15) is 22.3 Å². The maximum Gasteiger partial charge on any atom is 0.251 e. The summed E-state index contributed by atoms with van der Waals surface area (Å²) < 4.78 is 5.79. The Labute approximate surface area is 169 Å². The largest absolute Gasteiger partial charge is 0.394 e. The maximum atomic E-state index is 12.3. The van der Waals surface area contributed by atoms with Crippen molar-refractivity contribution in [3.05, 3.63) is 72.3 Å². The van der Waals surface area contributed by atoms with Crippen LogP contribution in [0.4, 0.5) is 0 Å². The van der Waals surface area contributed by atoms with Crippen molar-refractivity contribution < 1.29 is 19.4 Å². The van der Waals surface area contributed by atoms with Gasteiger partial charge in [0.15, 0.2) is 0 Å². The fourth-order valence-electron chi connectivity index (χ4n) is 3.02. The van der Waals surface area contributed by atoms with Crippen LogP contribution in [-0.2, 0) is 16.0 Å². The molecule has 1 aliphatic rings. The summed E-state index contributed by atoms with van der Waals surface area (Å²) in [5.74, 6) is -0.416. The van der Waals surface area contributed by atoms with Crippen LogP contribution < -0.4 is 10.6 Å². The van der Waals surface area contributed by atoms with Gasteiger partial charge in [0.05, 0.1) is 25.2 Å². The first-order valence-electron chi connectivity index (χ1n) is 9.47. The van der Waals surface area contributed by atoms with Crippen molar-refractivity contribution in [2.75, 3.05) is 13.2 Å². The number of amides is 2. The summed E-state index contributed by atoms with van der Waals surface area (Å²) in [5.41, 5.74) is 1.57. The van der Waals surface area contributed by atoms with E-state index in [2.05, 4.69) is 20.6 Å². The van der Waals surface area contributed by atoms with E-state index in [0.29, 0.717) is 12.1 Å². The van der Waals surface area contributed by atoms with Gasteiger partial charge in [-0.2, -0.15) is 0 Å². The second-order valence-corrected chi connectivity index (χ2v) is 6.68. The van der Waals surface area contributed by atoms with Crippen LogP contribution in [0.5, 0.6) is 0 Å². The quantitative estimate of drug-likeness (QED) is 0.565. The molecule has 3 atom stereocenters. The molecule has 8 nitrogen and oxygen atoms in total. The normalized spacial score (nSPS) is 20.8. The Morgan fingerprint density at radius 2 is 1.72 bits per heavy atom. The minimum Gasteiger partial charge on any atom is -0.394 e. The number of nitrogens with zero attached hydrogens (tertiary/aromatic N) is 2. The van der Waals surface area contributed by atoms with Gasteiger partial charge in [-0.1, -0.05) is 12.2 Å². The SMILES string of the molecule is O=C(C[C@H]1C=C[C@H](NC(=O)c2ccncc2)[C@H](CO)O1)NCCc1ccncc1. The second kappa shape index (κ2) is 10.4. The van der Waals surface area contributed by atoms with E-state index in [4.69, 9.17) is 4.74 Å². The topological polar surface area (TPSA) is 113 Å². The van der Waals surface area contributed by atoms with Crippen LogP contribution in [0.3, 0.4) is 0 Å². The highest BCUT2D eigenvalue weighted by molar-refractivity contribution is 5.94. The molecule has 8 heteroatoms. The number of nitrogens with one attached hydrogen (secondary N) is 2. The molecule has 2 aromatic rings. The lowest BCUT2D eigenvalue weighted by atomic mass is 10.0. The van der Waals surface area contributed by atoms with E-state index in [1.54, 1.807) is 36.7 Å². The smallest absolute Gasteiger partial charge is 0.251 e. The van der Waals surface area contributed by atoms with Crippen LogP contribution in [0.25, 0.3) is 0 Å². The monoisotopic (exact) mass is 396 g/mol. The van der Waals surface area contributed by atoms with Gasteiger partial charge in [-0.15, -0.1) is 0 Å². The molecule has 0 bridgehead atoms. The number of aliphatic hydroxyl groups excluding tert-OH is 1. The molecule has 29 heavy (non-hydrogen) atoms. The number of rotatable bonds is 8. The molecular formula is C21H24N4O4. The Morgan fingerprint density at radius 1 is 1.03 bits per heavy atom. The number of ether oxygens (including phenoxy) is 1. The molecule has 3 rings (SSSR count). The fraction of sp³-hybridized carbons (Fsp3) is 0.333. The number of carbonyl (C=O) groups excluding carboxylic acids is 2. The summed E-state index contributed by atoms with van der Waals surface area (Å²) in [4.78, 5) is 32.3. The molecule has 0 aliphatic carbocycles. The second-order valence-electron chi connectivity index (χ2n) is 6.68. The first-order chi connectivity index (χ1) is 14.2. The third kappa shape index (κ3) is 6.20. The zero-order chi connectivity index (χ0) is 20.5. The molecule has 2 aromatic heterocycles. The predicted octanol–water partition coefficient (Wildman–Crippen LogP) is 0.640. The van der Waals surface area contributed by atoms with Gasteiger partial charge in [0.1, 0.15) is 6.10 Å². The highest BCUT2D eigenvalue weighted by Crippen LogP contribution is 2.16. The lowest BCUT2D eigenvalue weighted by molar-refractivity contribution is -0.125. The number of pyridine rings is 2. The van der Waals surface area contributed by atoms with E-state index >= 15 is 0 Å². The number of aromatic nitrogens is 2. The average Bonchev–Trinajstić information content (AvgIpc) is 2.76. The summed E-state index contributed by atoms with van der Waals surface area (Å²) in [6.07, 6.45) is 9.80. The van der Waals surface area contributed by atoms with Crippen LogP contribution in [0.15, 0.2) is 61.2 Å². The van der Waals surface area contributed by atoms with E-state index < -0.39 is 18.2 Å². The van der Waals surface area contributed by atoms with Crippen molar-refractivity contribution >= 4 is 11.8 Å². The van der Waals surface area contributed by atoms with Gasteiger partial charge in [0, 0.05) is 36.9 Å². The minimum atomic E-state index is -0.625. The lowest BCUT2D eigenvalue weighted by Crippen LogP contribution is -2.49. The van der Waals surface area contributed by atoms with Gasteiger partial charge in [0.25, 0.3) is 5.91 Å². The zero-order valence-corrected chi connectivity index (χ0v) is 15.9. The van der Waals surface area contributed by atoms with Crippen molar-refractivity contribution in [1.82, 2.24) is 20.6 Å². The van der Waals surface area contributed by atoms with E-state index in [-0.39, 0.29) is 24.8 Å². The Morgan fingerprint density at radius 3 is 2.41 bits per heavy atom. The number of carbonyl (C=O) groups is 2. The first kappa shape index (κ1) is 20.6. The minimum absolute atomic E-state index is 0.135. The molecule has 2 amide bonds. The van der Waals surface area contributed by atoms with Crippen LogP contribution in [-0.4, -0.2) is 58.3 Å². The number of aliphatic hydroxyl groups is 1. The Bertz CT molecular complexity index is 829. The summed E-state index contributed by atoms with van der Waals surface area (Å²) in [6, 6.07) is 6.55. The van der Waals surface area contributed by atoms with Gasteiger partial charge in [0.2, 0.25) is 5.91 Å². The van der Waals surface area contributed by atoms with Crippen molar-refractivity contribution in [2.45, 2.75) is 31.1 Å². The van der Waals surface area contributed by atoms with E-state index in [1.807, 2.05) is 12.1 Å². The Kier molecular flexibility index (Phi) is 7.43. The fourth-order valence-corrected chi connectivity index (χ4v) is 3.02. The molecule has 0 radical (unpaired) electrons. The van der Waals surface area contributed by atoms with Crippen molar-refractivity contribution in [1.29, 1.82) is 0 Å². The molecular weight excluding hydrogens is 372 g/mol. The highest BCUT2D eigenvalue weighted by Gasteiger charge is 2.29. The molecule has 3 N–H and O–H groups in total. The van der Waals surface area contributed by atoms with E-state index in [0.717, 1.165) is 12.0 Å². The summed E-state index contributed by atoms with van der Waals surface area (Å²) in [5, 5.41) is 15.3. The van der Waals surface area contributed by atoms with Crippen molar-refractivity contribution in [2.24, 2.45) is 0 Å². The summed E-state index contributed by atoms with van der Waals surface area (Å²) >= 11 is 0. The Hall–Kier alpha value is -3.10.